The van der Waals surface area contributed by atoms with Gasteiger partial charge in [-0.15, -0.1) is 0 Å². The molecule has 0 bridgehead atoms. The molecule has 0 aliphatic carbocycles. The van der Waals surface area contributed by atoms with Crippen LogP contribution in [0.3, 0.4) is 0 Å². The van der Waals surface area contributed by atoms with Gasteiger partial charge in [0.15, 0.2) is 5.60 Å². The summed E-state index contributed by atoms with van der Waals surface area (Å²) >= 11 is 5.88. The van der Waals surface area contributed by atoms with Crippen LogP contribution < -0.4 is 4.74 Å². The van der Waals surface area contributed by atoms with Gasteiger partial charge in [-0.3, -0.25) is 4.79 Å². The zero-order chi connectivity index (χ0) is 13.7. The summed E-state index contributed by atoms with van der Waals surface area (Å²) in [6, 6.07) is 14.6. The lowest BCUT2D eigenvalue weighted by Gasteiger charge is -2.21. The topological polar surface area (TPSA) is 38.8 Å². The largest absolute Gasteiger partial charge is 0.489 e. The summed E-state index contributed by atoms with van der Waals surface area (Å²) in [5, 5.41) is 0.667. The summed E-state index contributed by atoms with van der Waals surface area (Å²) in [5.74, 6) is 0.632. The van der Waals surface area contributed by atoms with Gasteiger partial charge in [-0.2, -0.15) is 0 Å². The number of para-hydroxylation sites is 1. The van der Waals surface area contributed by atoms with E-state index in [-0.39, 0.29) is 18.5 Å². The van der Waals surface area contributed by atoms with Crippen molar-refractivity contribution >= 4 is 17.4 Å². The number of halogens is 1. The Labute approximate surface area is 121 Å². The molecule has 2 aliphatic rings. The van der Waals surface area contributed by atoms with Crippen molar-refractivity contribution in [2.45, 2.75) is 11.7 Å². The lowest BCUT2D eigenvalue weighted by atomic mass is 9.89. The van der Waals surface area contributed by atoms with Gasteiger partial charge in [-0.1, -0.05) is 35.9 Å². The third-order valence-corrected chi connectivity index (χ3v) is 4.08. The normalized spacial score (nSPS) is 27.1. The number of Topliss-reactive ketones (excluding diaryl/α,β-unsaturated/α-hetero) is 1. The first-order chi connectivity index (χ1) is 9.71. The van der Waals surface area contributed by atoms with Gasteiger partial charge in [0.05, 0.1) is 5.56 Å². The summed E-state index contributed by atoms with van der Waals surface area (Å²) in [4.78, 5) is 12.6. The van der Waals surface area contributed by atoms with Crippen molar-refractivity contribution < 1.29 is 14.3 Å². The number of hydrogen-bond acceptors (Lipinski definition) is 3. The second-order valence-corrected chi connectivity index (χ2v) is 5.49. The predicted molar refractivity (Wildman–Crippen MR) is 74.3 cm³/mol. The van der Waals surface area contributed by atoms with Crippen LogP contribution in [-0.4, -0.2) is 18.0 Å². The second-order valence-electron chi connectivity index (χ2n) is 5.05. The number of epoxide rings is 1. The van der Waals surface area contributed by atoms with E-state index in [1.807, 2.05) is 24.3 Å². The molecule has 1 fully saturated rings. The molecule has 0 unspecified atom stereocenters. The number of fused-ring (bicyclic) bond motifs is 1. The zero-order valence-electron chi connectivity index (χ0n) is 10.5. The average Bonchev–Trinajstić information content (AvgIpc) is 3.20. The predicted octanol–water partition coefficient (Wildman–Crippen LogP) is 3.43. The summed E-state index contributed by atoms with van der Waals surface area (Å²) < 4.78 is 11.4. The van der Waals surface area contributed by atoms with Crippen LogP contribution in [-0.2, 0) is 4.74 Å². The first-order valence-corrected chi connectivity index (χ1v) is 6.78. The summed E-state index contributed by atoms with van der Waals surface area (Å²) in [5.41, 5.74) is 0.684. The Balaban J connectivity index is 1.69. The number of ketones is 1. The quantitative estimate of drug-likeness (QED) is 0.754. The van der Waals surface area contributed by atoms with E-state index in [2.05, 4.69) is 0 Å². The molecule has 2 heterocycles. The minimum atomic E-state index is -0.859. The highest BCUT2D eigenvalue weighted by Crippen LogP contribution is 2.54. The lowest BCUT2D eigenvalue weighted by molar-refractivity contribution is 0.0755. The van der Waals surface area contributed by atoms with Crippen molar-refractivity contribution in [1.29, 1.82) is 0 Å². The fourth-order valence-electron chi connectivity index (χ4n) is 2.69. The minimum Gasteiger partial charge on any atom is -0.489 e. The molecule has 2 atom stereocenters. The Hall–Kier alpha value is -1.84. The molecule has 0 aromatic heterocycles. The van der Waals surface area contributed by atoms with Crippen LogP contribution in [0.25, 0.3) is 0 Å². The zero-order valence-corrected chi connectivity index (χ0v) is 11.3. The Morgan fingerprint density at radius 1 is 1.10 bits per heavy atom. The molecule has 0 N–H and O–H groups in total. The first-order valence-electron chi connectivity index (χ1n) is 6.41. The van der Waals surface area contributed by atoms with E-state index >= 15 is 0 Å². The van der Waals surface area contributed by atoms with Gasteiger partial charge in [0.1, 0.15) is 18.5 Å². The van der Waals surface area contributed by atoms with Crippen molar-refractivity contribution in [3.05, 3.63) is 64.7 Å². The maximum atomic E-state index is 12.6. The molecule has 3 nitrogen and oxygen atoms in total. The molecular weight excluding hydrogens is 276 g/mol. The number of rotatable bonds is 1. The van der Waals surface area contributed by atoms with E-state index in [4.69, 9.17) is 21.1 Å². The first kappa shape index (κ1) is 11.9. The Kier molecular flexibility index (Phi) is 2.43. The molecule has 100 valence electrons. The molecule has 0 amide bonds. The van der Waals surface area contributed by atoms with Gasteiger partial charge >= 0.3 is 0 Å². The van der Waals surface area contributed by atoms with Gasteiger partial charge in [0.2, 0.25) is 5.78 Å². The highest BCUT2D eigenvalue weighted by atomic mass is 35.5. The van der Waals surface area contributed by atoms with E-state index in [9.17, 15) is 4.79 Å². The highest BCUT2D eigenvalue weighted by Gasteiger charge is 2.65. The van der Waals surface area contributed by atoms with E-state index in [1.165, 1.54) is 0 Å². The molecule has 2 aromatic rings. The second kappa shape index (κ2) is 4.08. The molecule has 0 radical (unpaired) electrons. The minimum absolute atomic E-state index is 0.000648. The van der Waals surface area contributed by atoms with E-state index < -0.39 is 5.60 Å². The molecule has 1 saturated heterocycles. The van der Waals surface area contributed by atoms with Crippen LogP contribution in [0.1, 0.15) is 22.0 Å². The lowest BCUT2D eigenvalue weighted by Crippen LogP contribution is -2.37. The van der Waals surface area contributed by atoms with Gasteiger partial charge in [0, 0.05) is 5.02 Å². The number of carbonyl (C=O) groups is 1. The number of benzene rings is 2. The van der Waals surface area contributed by atoms with Crippen LogP contribution in [0.4, 0.5) is 0 Å². The smallest absolute Gasteiger partial charge is 0.205 e. The van der Waals surface area contributed by atoms with Crippen molar-refractivity contribution in [1.82, 2.24) is 0 Å². The number of hydrogen-bond donors (Lipinski definition) is 0. The third-order valence-electron chi connectivity index (χ3n) is 3.83. The average molecular weight is 287 g/mol. The van der Waals surface area contributed by atoms with Gasteiger partial charge < -0.3 is 9.47 Å². The Morgan fingerprint density at radius 3 is 2.65 bits per heavy atom. The summed E-state index contributed by atoms with van der Waals surface area (Å²) in [6.07, 6.45) is -0.249. The number of carbonyl (C=O) groups excluding carboxylic acids is 1. The van der Waals surface area contributed by atoms with E-state index in [0.29, 0.717) is 16.3 Å². The maximum absolute atomic E-state index is 12.6. The van der Waals surface area contributed by atoms with Crippen LogP contribution in [0, 0.1) is 0 Å². The fourth-order valence-corrected chi connectivity index (χ4v) is 2.82. The Morgan fingerprint density at radius 2 is 1.85 bits per heavy atom. The van der Waals surface area contributed by atoms with Crippen LogP contribution in [0.5, 0.6) is 5.75 Å². The SMILES string of the molecule is O=C1c2ccccc2OC[C@@]12O[C@@H]2c1ccc(Cl)cc1. The summed E-state index contributed by atoms with van der Waals surface area (Å²) in [7, 11) is 0. The Bertz CT molecular complexity index is 695. The van der Waals surface area contributed by atoms with Gasteiger partial charge in [-0.05, 0) is 29.8 Å². The highest BCUT2D eigenvalue weighted by molar-refractivity contribution is 6.30. The van der Waals surface area contributed by atoms with Crippen LogP contribution in [0.2, 0.25) is 5.02 Å². The molecule has 0 saturated carbocycles. The molecule has 2 aliphatic heterocycles. The molecule has 4 rings (SSSR count). The molecular formula is C16H11ClO3. The van der Waals surface area contributed by atoms with E-state index in [0.717, 1.165) is 5.56 Å². The van der Waals surface area contributed by atoms with Crippen molar-refractivity contribution in [3.8, 4) is 5.75 Å². The van der Waals surface area contributed by atoms with Gasteiger partial charge in [0.25, 0.3) is 0 Å². The third kappa shape index (κ3) is 1.60. The van der Waals surface area contributed by atoms with E-state index in [1.54, 1.807) is 24.3 Å². The van der Waals surface area contributed by atoms with Crippen LogP contribution >= 0.6 is 11.6 Å². The van der Waals surface area contributed by atoms with Crippen molar-refractivity contribution in [3.63, 3.8) is 0 Å². The maximum Gasteiger partial charge on any atom is 0.205 e. The molecule has 4 heteroatoms. The standard InChI is InChI=1S/C16H11ClO3/c17-11-7-5-10(6-8-11)15-16(20-15)9-19-13-4-2-1-3-12(13)14(16)18/h1-8,15H,9H2/t15-,16-/m1/s1. The fraction of sp³-hybridized carbons (Fsp3) is 0.188. The van der Waals surface area contributed by atoms with Crippen LogP contribution in [0.15, 0.2) is 48.5 Å². The summed E-state index contributed by atoms with van der Waals surface area (Å²) in [6.45, 7) is 0.260. The van der Waals surface area contributed by atoms with Gasteiger partial charge in [-0.25, -0.2) is 0 Å². The molecule has 20 heavy (non-hydrogen) atoms. The monoisotopic (exact) mass is 286 g/mol. The molecule has 2 aromatic carbocycles. The number of ether oxygens (including phenoxy) is 2. The molecule has 1 spiro atoms. The van der Waals surface area contributed by atoms with Crippen molar-refractivity contribution in [2.75, 3.05) is 6.61 Å². The van der Waals surface area contributed by atoms with Crippen molar-refractivity contribution in [2.24, 2.45) is 0 Å².